The van der Waals surface area contributed by atoms with E-state index in [0.717, 1.165) is 17.2 Å². The molecule has 0 bridgehead atoms. The van der Waals surface area contributed by atoms with E-state index in [-0.39, 0.29) is 0 Å². The molecule has 0 amide bonds. The van der Waals surface area contributed by atoms with Crippen LogP contribution >= 0.6 is 0 Å². The minimum atomic E-state index is 0.360. The van der Waals surface area contributed by atoms with Crippen LogP contribution in [0.1, 0.15) is 19.4 Å². The van der Waals surface area contributed by atoms with Gasteiger partial charge in [-0.3, -0.25) is 9.55 Å². The van der Waals surface area contributed by atoms with Crippen molar-refractivity contribution in [1.82, 2.24) is 14.5 Å². The van der Waals surface area contributed by atoms with Crippen LogP contribution in [0, 0.1) is 6.92 Å². The van der Waals surface area contributed by atoms with Crippen LogP contribution in [0.4, 0.5) is 5.95 Å². The summed E-state index contributed by atoms with van der Waals surface area (Å²) in [4.78, 5) is 8.47. The topological polar surface area (TPSA) is 42.7 Å². The third-order valence-electron chi connectivity index (χ3n) is 2.20. The fourth-order valence-corrected chi connectivity index (χ4v) is 1.55. The van der Waals surface area contributed by atoms with Crippen molar-refractivity contribution in [2.24, 2.45) is 0 Å². The Kier molecular flexibility index (Phi) is 2.90. The lowest BCUT2D eigenvalue weighted by molar-refractivity contribution is 0.863. The van der Waals surface area contributed by atoms with E-state index >= 15 is 0 Å². The number of imidazole rings is 1. The van der Waals surface area contributed by atoms with E-state index in [1.54, 1.807) is 6.20 Å². The molecule has 2 heterocycles. The smallest absolute Gasteiger partial charge is 0.207 e. The third kappa shape index (κ3) is 2.21. The SMILES string of the molecule is Cc1cncc(-n2ccnc2NC(C)C)c1. The summed E-state index contributed by atoms with van der Waals surface area (Å²) in [6, 6.07) is 2.44. The molecule has 2 rings (SSSR count). The van der Waals surface area contributed by atoms with Gasteiger partial charge in [-0.2, -0.15) is 0 Å². The molecule has 0 atom stereocenters. The second-order valence-corrected chi connectivity index (χ2v) is 4.14. The molecular weight excluding hydrogens is 200 g/mol. The van der Waals surface area contributed by atoms with Crippen LogP contribution in [0.5, 0.6) is 0 Å². The molecule has 0 unspecified atom stereocenters. The maximum atomic E-state index is 4.29. The van der Waals surface area contributed by atoms with Crippen LogP contribution < -0.4 is 5.32 Å². The lowest BCUT2D eigenvalue weighted by Gasteiger charge is -2.12. The van der Waals surface area contributed by atoms with E-state index < -0.39 is 0 Å². The summed E-state index contributed by atoms with van der Waals surface area (Å²) in [6.45, 7) is 6.21. The lowest BCUT2D eigenvalue weighted by atomic mass is 10.3. The first-order valence-corrected chi connectivity index (χ1v) is 5.39. The second-order valence-electron chi connectivity index (χ2n) is 4.14. The standard InChI is InChI=1S/C12H16N4/c1-9(2)15-12-14-4-5-16(12)11-6-10(3)7-13-8-11/h4-9H,1-3H3,(H,14,15). The van der Waals surface area contributed by atoms with Crippen LogP contribution in [-0.2, 0) is 0 Å². The molecule has 2 aromatic rings. The molecule has 4 heteroatoms. The summed E-state index contributed by atoms with van der Waals surface area (Å²) in [7, 11) is 0. The van der Waals surface area contributed by atoms with Gasteiger partial charge in [0.05, 0.1) is 11.9 Å². The maximum Gasteiger partial charge on any atom is 0.207 e. The average molecular weight is 216 g/mol. The van der Waals surface area contributed by atoms with Crippen LogP contribution in [0.2, 0.25) is 0 Å². The van der Waals surface area contributed by atoms with Crippen molar-refractivity contribution < 1.29 is 0 Å². The summed E-state index contributed by atoms with van der Waals surface area (Å²) in [6.07, 6.45) is 7.39. The second kappa shape index (κ2) is 4.35. The predicted molar refractivity (Wildman–Crippen MR) is 64.9 cm³/mol. The van der Waals surface area contributed by atoms with Crippen LogP contribution in [0.25, 0.3) is 5.69 Å². The molecule has 0 aliphatic carbocycles. The summed E-state index contributed by atoms with van der Waals surface area (Å²) in [5.41, 5.74) is 2.17. The zero-order valence-electron chi connectivity index (χ0n) is 9.81. The van der Waals surface area contributed by atoms with Crippen LogP contribution in [0.15, 0.2) is 30.9 Å². The van der Waals surface area contributed by atoms with Gasteiger partial charge in [0.15, 0.2) is 0 Å². The van der Waals surface area contributed by atoms with E-state index in [0.29, 0.717) is 6.04 Å². The van der Waals surface area contributed by atoms with Gasteiger partial charge in [-0.25, -0.2) is 4.98 Å². The van der Waals surface area contributed by atoms with Gasteiger partial charge >= 0.3 is 0 Å². The molecule has 84 valence electrons. The molecule has 0 spiro atoms. The van der Waals surface area contributed by atoms with E-state index in [1.165, 1.54) is 0 Å². The highest BCUT2D eigenvalue weighted by Crippen LogP contribution is 2.14. The van der Waals surface area contributed by atoms with Gasteiger partial charge in [0.1, 0.15) is 0 Å². The number of pyridine rings is 1. The first kappa shape index (κ1) is 10.7. The largest absolute Gasteiger partial charge is 0.353 e. The maximum absolute atomic E-state index is 4.29. The molecule has 1 N–H and O–H groups in total. The molecule has 0 radical (unpaired) electrons. The highest BCUT2D eigenvalue weighted by Gasteiger charge is 2.05. The summed E-state index contributed by atoms with van der Waals surface area (Å²) < 4.78 is 2.00. The predicted octanol–water partition coefficient (Wildman–Crippen LogP) is 2.40. The Labute approximate surface area is 95.4 Å². The number of anilines is 1. The number of aromatic nitrogens is 3. The Morgan fingerprint density at radius 2 is 2.12 bits per heavy atom. The summed E-state index contributed by atoms with van der Waals surface area (Å²) in [5.74, 6) is 0.849. The molecule has 0 aliphatic rings. The molecule has 0 saturated heterocycles. The first-order chi connectivity index (χ1) is 7.66. The third-order valence-corrected chi connectivity index (χ3v) is 2.20. The molecule has 0 aliphatic heterocycles. The van der Waals surface area contributed by atoms with E-state index in [2.05, 4.69) is 35.2 Å². The van der Waals surface area contributed by atoms with E-state index in [1.807, 2.05) is 30.1 Å². The number of rotatable bonds is 3. The summed E-state index contributed by atoms with van der Waals surface area (Å²) >= 11 is 0. The Bertz CT molecular complexity index is 473. The van der Waals surface area contributed by atoms with Crippen molar-refractivity contribution in [3.8, 4) is 5.69 Å². The van der Waals surface area contributed by atoms with Gasteiger partial charge in [0, 0.05) is 24.6 Å². The van der Waals surface area contributed by atoms with Crippen molar-refractivity contribution in [3.05, 3.63) is 36.4 Å². The monoisotopic (exact) mass is 216 g/mol. The normalized spacial score (nSPS) is 10.8. The van der Waals surface area contributed by atoms with E-state index in [9.17, 15) is 0 Å². The van der Waals surface area contributed by atoms with Crippen LogP contribution in [-0.4, -0.2) is 20.6 Å². The van der Waals surface area contributed by atoms with Crippen molar-refractivity contribution >= 4 is 5.95 Å². The van der Waals surface area contributed by atoms with Crippen molar-refractivity contribution in [1.29, 1.82) is 0 Å². The van der Waals surface area contributed by atoms with E-state index in [4.69, 9.17) is 0 Å². The highest BCUT2D eigenvalue weighted by atomic mass is 15.2. The molecule has 16 heavy (non-hydrogen) atoms. The molecular formula is C12H16N4. The minimum Gasteiger partial charge on any atom is -0.353 e. The van der Waals surface area contributed by atoms with Gasteiger partial charge in [-0.15, -0.1) is 0 Å². The van der Waals surface area contributed by atoms with Gasteiger partial charge in [-0.1, -0.05) is 0 Å². The zero-order valence-corrected chi connectivity index (χ0v) is 9.81. The van der Waals surface area contributed by atoms with Gasteiger partial charge in [0.25, 0.3) is 0 Å². The van der Waals surface area contributed by atoms with Crippen LogP contribution in [0.3, 0.4) is 0 Å². The van der Waals surface area contributed by atoms with Gasteiger partial charge < -0.3 is 5.32 Å². The fourth-order valence-electron chi connectivity index (χ4n) is 1.55. The molecule has 0 aromatic carbocycles. The number of nitrogens with zero attached hydrogens (tertiary/aromatic N) is 3. The molecule has 4 nitrogen and oxygen atoms in total. The first-order valence-electron chi connectivity index (χ1n) is 5.39. The van der Waals surface area contributed by atoms with Gasteiger partial charge in [0.2, 0.25) is 5.95 Å². The molecule has 0 fully saturated rings. The van der Waals surface area contributed by atoms with Crippen molar-refractivity contribution in [2.45, 2.75) is 26.8 Å². The molecule has 0 saturated carbocycles. The average Bonchev–Trinajstić information content (AvgIpc) is 2.65. The van der Waals surface area contributed by atoms with Crippen molar-refractivity contribution in [3.63, 3.8) is 0 Å². The zero-order chi connectivity index (χ0) is 11.5. The number of aryl methyl sites for hydroxylation is 1. The Balaban J connectivity index is 2.37. The Morgan fingerprint density at radius 3 is 2.81 bits per heavy atom. The molecule has 2 aromatic heterocycles. The quantitative estimate of drug-likeness (QED) is 0.856. The van der Waals surface area contributed by atoms with Crippen molar-refractivity contribution in [2.75, 3.05) is 5.32 Å². The number of nitrogens with one attached hydrogen (secondary N) is 1. The lowest BCUT2D eigenvalue weighted by Crippen LogP contribution is -2.14. The summed E-state index contributed by atoms with van der Waals surface area (Å²) in [5, 5.41) is 3.30. The Hall–Kier alpha value is -1.84. The Morgan fingerprint density at radius 1 is 1.31 bits per heavy atom. The van der Waals surface area contributed by atoms with Gasteiger partial charge in [-0.05, 0) is 32.4 Å². The number of hydrogen-bond acceptors (Lipinski definition) is 3. The number of hydrogen-bond donors (Lipinski definition) is 1. The minimum absolute atomic E-state index is 0.360. The highest BCUT2D eigenvalue weighted by molar-refractivity contribution is 5.41. The fraction of sp³-hybridized carbons (Fsp3) is 0.333.